The number of nitrogens with one attached hydrogen (secondary N) is 2. The van der Waals surface area contributed by atoms with E-state index in [4.69, 9.17) is 21.1 Å². The summed E-state index contributed by atoms with van der Waals surface area (Å²) < 4.78 is 12.5. The van der Waals surface area contributed by atoms with Crippen LogP contribution in [0, 0.1) is 6.92 Å². The van der Waals surface area contributed by atoms with Gasteiger partial charge >= 0.3 is 5.69 Å². The number of carbonyl (C=O) groups is 1. The Hall–Kier alpha value is -3.89. The monoisotopic (exact) mass is 584 g/mol. The van der Waals surface area contributed by atoms with Crippen LogP contribution in [0.2, 0.25) is 5.02 Å². The molecule has 0 saturated heterocycles. The summed E-state index contributed by atoms with van der Waals surface area (Å²) in [4.78, 5) is 40.2. The molecule has 4 aromatic rings. The lowest BCUT2D eigenvalue weighted by molar-refractivity contribution is -0.118. The van der Waals surface area contributed by atoms with Crippen LogP contribution in [-0.2, 0) is 4.79 Å². The number of benzene rings is 3. The van der Waals surface area contributed by atoms with Crippen LogP contribution in [0.5, 0.6) is 11.5 Å². The second-order valence-corrected chi connectivity index (χ2v) is 9.07. The average molecular weight is 586 g/mol. The molecule has 37 heavy (non-hydrogen) atoms. The lowest BCUT2D eigenvalue weighted by Crippen LogP contribution is -2.32. The van der Waals surface area contributed by atoms with Gasteiger partial charge in [0, 0.05) is 15.7 Å². The fourth-order valence-corrected chi connectivity index (χ4v) is 4.10. The Bertz CT molecular complexity index is 1610. The molecule has 1 aromatic heterocycles. The third kappa shape index (κ3) is 5.92. The number of para-hydroxylation sites is 1. The topological polar surface area (TPSA) is 115 Å². The number of aromatic amines is 1. The lowest BCUT2D eigenvalue weighted by atomic mass is 10.2. The van der Waals surface area contributed by atoms with Gasteiger partial charge in [-0.2, -0.15) is 5.10 Å². The summed E-state index contributed by atoms with van der Waals surface area (Å²) in [6, 6.07) is 15.6. The summed E-state index contributed by atoms with van der Waals surface area (Å²) in [5.74, 6) is 0.0476. The van der Waals surface area contributed by atoms with E-state index in [0.717, 1.165) is 10.2 Å². The average Bonchev–Trinajstić information content (AvgIpc) is 2.88. The molecule has 0 atom stereocenters. The molecule has 0 fully saturated rings. The zero-order valence-electron chi connectivity index (χ0n) is 19.9. The molecule has 9 nitrogen and oxygen atoms in total. The van der Waals surface area contributed by atoms with E-state index in [0.29, 0.717) is 33.2 Å². The van der Waals surface area contributed by atoms with Crippen molar-refractivity contribution in [3.8, 4) is 11.5 Å². The maximum atomic E-state index is 12.8. The molecular weight excluding hydrogens is 564 g/mol. The van der Waals surface area contributed by atoms with Crippen LogP contribution in [0.15, 0.2) is 73.8 Å². The molecule has 2 N–H and O–H groups in total. The molecule has 1 heterocycles. The minimum atomic E-state index is -0.688. The van der Waals surface area contributed by atoms with Gasteiger partial charge in [0.05, 0.1) is 23.7 Å². The molecule has 0 aliphatic carbocycles. The predicted octanol–water partition coefficient (Wildman–Crippen LogP) is 4.71. The van der Waals surface area contributed by atoms with Crippen LogP contribution >= 0.6 is 27.5 Å². The number of nitrogens with zero attached hydrogens (tertiary/aromatic N) is 2. The first kappa shape index (κ1) is 26.2. The number of fused-ring (bicyclic) bond motifs is 1. The van der Waals surface area contributed by atoms with E-state index in [1.165, 1.54) is 6.21 Å². The van der Waals surface area contributed by atoms with Crippen LogP contribution in [0.3, 0.4) is 0 Å². The van der Waals surface area contributed by atoms with E-state index in [1.54, 1.807) is 49.4 Å². The number of aromatic nitrogens is 2. The minimum Gasteiger partial charge on any atom is -0.490 e. The Labute approximate surface area is 224 Å². The van der Waals surface area contributed by atoms with Crippen molar-refractivity contribution in [1.82, 2.24) is 9.66 Å². The smallest absolute Gasteiger partial charge is 0.349 e. The quantitative estimate of drug-likeness (QED) is 0.291. The Morgan fingerprint density at radius 2 is 1.89 bits per heavy atom. The standard InChI is InChI=1S/C26H22BrClN4O5/c1-3-36-20-12-16(13-29-32-25(34)18-6-4-5-7-19(18)31-26(32)35)22(27)23(28)24(20)37-14-21(33)30-17-10-8-15(2)9-11-17/h4-13H,3,14H2,1-2H3,(H,30,33)(H,31,35). The largest absolute Gasteiger partial charge is 0.490 e. The van der Waals surface area contributed by atoms with Crippen molar-refractivity contribution in [3.05, 3.63) is 96.1 Å². The van der Waals surface area contributed by atoms with Gasteiger partial charge in [-0.25, -0.2) is 4.79 Å². The zero-order chi connectivity index (χ0) is 26.5. The molecule has 0 bridgehead atoms. The van der Waals surface area contributed by atoms with Gasteiger partial charge in [0.2, 0.25) is 0 Å². The molecule has 1 amide bonds. The van der Waals surface area contributed by atoms with E-state index in [-0.39, 0.29) is 29.0 Å². The molecule has 0 unspecified atom stereocenters. The molecule has 0 saturated carbocycles. The molecular formula is C26H22BrClN4O5. The van der Waals surface area contributed by atoms with Gasteiger partial charge in [-0.1, -0.05) is 41.4 Å². The lowest BCUT2D eigenvalue weighted by Gasteiger charge is -2.16. The van der Waals surface area contributed by atoms with Crippen LogP contribution in [0.4, 0.5) is 5.69 Å². The first-order valence-electron chi connectivity index (χ1n) is 11.2. The fourth-order valence-electron chi connectivity index (χ4n) is 3.45. The van der Waals surface area contributed by atoms with Crippen molar-refractivity contribution in [2.45, 2.75) is 13.8 Å². The molecule has 11 heteroatoms. The van der Waals surface area contributed by atoms with Gasteiger partial charge in [-0.3, -0.25) is 9.59 Å². The Morgan fingerprint density at radius 1 is 1.16 bits per heavy atom. The molecule has 190 valence electrons. The number of H-pyrrole nitrogens is 1. The highest BCUT2D eigenvalue weighted by Gasteiger charge is 2.19. The Morgan fingerprint density at radius 3 is 2.62 bits per heavy atom. The number of carbonyl (C=O) groups excluding carboxylic acids is 1. The van der Waals surface area contributed by atoms with E-state index in [1.807, 2.05) is 19.1 Å². The van der Waals surface area contributed by atoms with Gasteiger partial charge in [-0.15, -0.1) is 4.68 Å². The normalized spacial score (nSPS) is 11.1. The predicted molar refractivity (Wildman–Crippen MR) is 147 cm³/mol. The highest BCUT2D eigenvalue weighted by molar-refractivity contribution is 9.10. The summed E-state index contributed by atoms with van der Waals surface area (Å²) >= 11 is 9.94. The maximum absolute atomic E-state index is 12.8. The first-order valence-corrected chi connectivity index (χ1v) is 12.4. The number of halogens is 2. The second-order valence-electron chi connectivity index (χ2n) is 7.89. The molecule has 0 aliphatic heterocycles. The second kappa shape index (κ2) is 11.4. The molecule has 0 radical (unpaired) electrons. The summed E-state index contributed by atoms with van der Waals surface area (Å²) in [5.41, 5.74) is 1.30. The zero-order valence-corrected chi connectivity index (χ0v) is 22.2. The van der Waals surface area contributed by atoms with E-state index < -0.39 is 11.2 Å². The number of ether oxygens (including phenoxy) is 2. The fraction of sp³-hybridized carbons (Fsp3) is 0.154. The SMILES string of the molecule is CCOc1cc(C=Nn2c(=O)[nH]c3ccccc3c2=O)c(Br)c(Cl)c1OCC(=O)Nc1ccc(C)cc1. The highest BCUT2D eigenvalue weighted by Crippen LogP contribution is 2.42. The Balaban J connectivity index is 1.60. The third-order valence-corrected chi connectivity index (χ3v) is 6.68. The summed E-state index contributed by atoms with van der Waals surface area (Å²) in [5, 5.41) is 7.28. The number of hydrogen-bond donors (Lipinski definition) is 2. The van der Waals surface area contributed by atoms with Crippen molar-refractivity contribution in [3.63, 3.8) is 0 Å². The van der Waals surface area contributed by atoms with Gasteiger partial charge in [-0.05, 0) is 60.1 Å². The van der Waals surface area contributed by atoms with E-state index in [9.17, 15) is 14.4 Å². The number of aryl methyl sites for hydroxylation is 1. The summed E-state index contributed by atoms with van der Waals surface area (Å²) in [6.07, 6.45) is 1.30. The summed E-state index contributed by atoms with van der Waals surface area (Å²) in [6.45, 7) is 3.72. The third-order valence-electron chi connectivity index (χ3n) is 5.23. The van der Waals surface area contributed by atoms with Crippen molar-refractivity contribution >= 4 is 56.2 Å². The molecule has 4 rings (SSSR count). The molecule has 0 aliphatic rings. The van der Waals surface area contributed by atoms with Gasteiger partial charge in [0.25, 0.3) is 11.5 Å². The first-order chi connectivity index (χ1) is 17.8. The molecule has 0 spiro atoms. The van der Waals surface area contributed by atoms with Crippen LogP contribution in [0.1, 0.15) is 18.1 Å². The molecule has 3 aromatic carbocycles. The van der Waals surface area contributed by atoms with E-state index in [2.05, 4.69) is 31.3 Å². The van der Waals surface area contributed by atoms with Crippen LogP contribution < -0.4 is 26.0 Å². The van der Waals surface area contributed by atoms with Crippen molar-refractivity contribution in [2.24, 2.45) is 5.10 Å². The van der Waals surface area contributed by atoms with Crippen molar-refractivity contribution in [1.29, 1.82) is 0 Å². The van der Waals surface area contributed by atoms with Gasteiger partial charge in [0.15, 0.2) is 18.1 Å². The van der Waals surface area contributed by atoms with Crippen LogP contribution in [0.25, 0.3) is 10.9 Å². The summed E-state index contributed by atoms with van der Waals surface area (Å²) in [7, 11) is 0. The van der Waals surface area contributed by atoms with Crippen molar-refractivity contribution < 1.29 is 14.3 Å². The Kier molecular flexibility index (Phi) is 8.10. The van der Waals surface area contributed by atoms with Gasteiger partial charge < -0.3 is 19.8 Å². The number of hydrogen-bond acceptors (Lipinski definition) is 6. The van der Waals surface area contributed by atoms with E-state index >= 15 is 0 Å². The minimum absolute atomic E-state index is 0.135. The highest BCUT2D eigenvalue weighted by atomic mass is 79.9. The number of amides is 1. The van der Waals surface area contributed by atoms with Crippen molar-refractivity contribution in [2.75, 3.05) is 18.5 Å². The van der Waals surface area contributed by atoms with Crippen LogP contribution in [-0.4, -0.2) is 35.0 Å². The van der Waals surface area contributed by atoms with Gasteiger partial charge in [0.1, 0.15) is 5.02 Å². The number of anilines is 1. The maximum Gasteiger partial charge on any atom is 0.349 e. The number of rotatable bonds is 8.